The van der Waals surface area contributed by atoms with E-state index in [9.17, 15) is 0 Å². The Bertz CT molecular complexity index is 391. The quantitative estimate of drug-likeness (QED) is 0.876. The summed E-state index contributed by atoms with van der Waals surface area (Å²) in [5.41, 5.74) is 2.06. The monoisotopic (exact) mass is 250 g/mol. The van der Waals surface area contributed by atoms with Crippen molar-refractivity contribution < 1.29 is 0 Å². The van der Waals surface area contributed by atoms with Crippen LogP contribution in [0.2, 0.25) is 0 Å². The molecule has 0 unspecified atom stereocenters. The number of aryl methyl sites for hydroxylation is 1. The SMILES string of the molecule is CCCNc1nc2c(s1)CC1(CCCC1)CC2. The van der Waals surface area contributed by atoms with Crippen molar-refractivity contribution in [2.24, 2.45) is 5.41 Å². The Morgan fingerprint density at radius 3 is 2.88 bits per heavy atom. The van der Waals surface area contributed by atoms with Gasteiger partial charge >= 0.3 is 0 Å². The molecule has 1 heterocycles. The minimum absolute atomic E-state index is 0.668. The van der Waals surface area contributed by atoms with Crippen LogP contribution >= 0.6 is 11.3 Å². The zero-order valence-electron chi connectivity index (χ0n) is 10.7. The van der Waals surface area contributed by atoms with Crippen molar-refractivity contribution in [3.63, 3.8) is 0 Å². The smallest absolute Gasteiger partial charge is 0.183 e. The van der Waals surface area contributed by atoms with Crippen molar-refractivity contribution >= 4 is 16.5 Å². The fraction of sp³-hybridized carbons (Fsp3) is 0.786. The van der Waals surface area contributed by atoms with Gasteiger partial charge in [-0.1, -0.05) is 19.8 Å². The summed E-state index contributed by atoms with van der Waals surface area (Å²) < 4.78 is 0. The molecule has 0 radical (unpaired) electrons. The lowest BCUT2D eigenvalue weighted by atomic mass is 9.74. The Kier molecular flexibility index (Phi) is 3.12. The van der Waals surface area contributed by atoms with E-state index >= 15 is 0 Å². The first-order valence-corrected chi connectivity index (χ1v) is 7.85. The van der Waals surface area contributed by atoms with Gasteiger partial charge in [0.1, 0.15) is 0 Å². The topological polar surface area (TPSA) is 24.9 Å². The molecule has 0 saturated heterocycles. The van der Waals surface area contributed by atoms with Gasteiger partial charge in [-0.3, -0.25) is 0 Å². The van der Waals surface area contributed by atoms with Crippen LogP contribution in [-0.2, 0) is 12.8 Å². The number of fused-ring (bicyclic) bond motifs is 1. The highest BCUT2D eigenvalue weighted by Gasteiger charge is 2.38. The van der Waals surface area contributed by atoms with Crippen molar-refractivity contribution in [3.05, 3.63) is 10.6 Å². The number of anilines is 1. The highest BCUT2D eigenvalue weighted by Crippen LogP contribution is 2.49. The van der Waals surface area contributed by atoms with E-state index in [-0.39, 0.29) is 0 Å². The van der Waals surface area contributed by atoms with E-state index in [0.29, 0.717) is 5.41 Å². The summed E-state index contributed by atoms with van der Waals surface area (Å²) >= 11 is 1.91. The van der Waals surface area contributed by atoms with Crippen LogP contribution < -0.4 is 5.32 Å². The van der Waals surface area contributed by atoms with Crippen molar-refractivity contribution in [3.8, 4) is 0 Å². The lowest BCUT2D eigenvalue weighted by Crippen LogP contribution is -2.24. The Labute approximate surface area is 108 Å². The van der Waals surface area contributed by atoms with E-state index in [2.05, 4.69) is 12.2 Å². The molecule has 0 aromatic carbocycles. The maximum absolute atomic E-state index is 4.75. The summed E-state index contributed by atoms with van der Waals surface area (Å²) in [6.07, 6.45) is 10.9. The Morgan fingerprint density at radius 2 is 2.12 bits per heavy atom. The highest BCUT2D eigenvalue weighted by atomic mass is 32.1. The fourth-order valence-corrected chi connectivity index (χ4v) is 4.60. The van der Waals surface area contributed by atoms with Crippen LogP contribution in [0.25, 0.3) is 0 Å². The predicted octanol–water partition coefficient (Wildman–Crippen LogP) is 4.01. The molecule has 1 spiro atoms. The molecule has 0 bridgehead atoms. The molecule has 3 heteroatoms. The lowest BCUT2D eigenvalue weighted by molar-refractivity contribution is 0.256. The Morgan fingerprint density at radius 1 is 1.29 bits per heavy atom. The Hall–Kier alpha value is -0.570. The second-order valence-corrected chi connectivity index (χ2v) is 6.78. The summed E-state index contributed by atoms with van der Waals surface area (Å²) in [7, 11) is 0. The number of nitrogens with one attached hydrogen (secondary N) is 1. The maximum atomic E-state index is 4.75. The van der Waals surface area contributed by atoms with Gasteiger partial charge in [0.15, 0.2) is 5.13 Å². The van der Waals surface area contributed by atoms with Gasteiger partial charge in [0.05, 0.1) is 5.69 Å². The molecule has 94 valence electrons. The summed E-state index contributed by atoms with van der Waals surface area (Å²) in [5.74, 6) is 0. The standard InChI is InChI=1S/C14H22N2S/c1-2-9-15-13-16-11-5-8-14(6-3-4-7-14)10-12(11)17-13/h2-10H2,1H3,(H,15,16). The minimum Gasteiger partial charge on any atom is -0.362 e. The summed E-state index contributed by atoms with van der Waals surface area (Å²) in [6.45, 7) is 3.26. The van der Waals surface area contributed by atoms with Crippen molar-refractivity contribution in [1.29, 1.82) is 0 Å². The first kappa shape index (κ1) is 11.5. The third-order valence-corrected chi connectivity index (χ3v) is 5.45. The first-order valence-electron chi connectivity index (χ1n) is 7.04. The second-order valence-electron chi connectivity index (χ2n) is 5.70. The molecule has 17 heavy (non-hydrogen) atoms. The van der Waals surface area contributed by atoms with Gasteiger partial charge in [0, 0.05) is 11.4 Å². The number of aromatic nitrogens is 1. The molecule has 0 atom stereocenters. The summed E-state index contributed by atoms with van der Waals surface area (Å²) in [4.78, 5) is 6.33. The Balaban J connectivity index is 1.75. The zero-order chi connectivity index (χ0) is 11.7. The maximum Gasteiger partial charge on any atom is 0.183 e. The first-order chi connectivity index (χ1) is 8.31. The van der Waals surface area contributed by atoms with Crippen molar-refractivity contribution in [2.75, 3.05) is 11.9 Å². The average molecular weight is 250 g/mol. The number of nitrogens with zero attached hydrogens (tertiary/aromatic N) is 1. The third kappa shape index (κ3) is 2.22. The normalized spacial score (nSPS) is 21.7. The van der Waals surface area contributed by atoms with Gasteiger partial charge in [-0.25, -0.2) is 4.98 Å². The van der Waals surface area contributed by atoms with Crippen molar-refractivity contribution in [1.82, 2.24) is 4.98 Å². The molecule has 1 N–H and O–H groups in total. The molecule has 2 nitrogen and oxygen atoms in total. The molecule has 2 aliphatic carbocycles. The van der Waals surface area contributed by atoms with Gasteiger partial charge in [-0.2, -0.15) is 0 Å². The van der Waals surface area contributed by atoms with E-state index in [4.69, 9.17) is 4.98 Å². The number of rotatable bonds is 3. The van der Waals surface area contributed by atoms with Gasteiger partial charge in [-0.15, -0.1) is 11.3 Å². The van der Waals surface area contributed by atoms with Gasteiger partial charge in [0.2, 0.25) is 0 Å². The van der Waals surface area contributed by atoms with Crippen LogP contribution in [0.15, 0.2) is 0 Å². The van der Waals surface area contributed by atoms with Crippen LogP contribution in [0.4, 0.5) is 5.13 Å². The van der Waals surface area contributed by atoms with Crippen molar-refractivity contribution in [2.45, 2.75) is 58.3 Å². The van der Waals surface area contributed by atoms with Crippen LogP contribution in [0.3, 0.4) is 0 Å². The molecule has 0 amide bonds. The van der Waals surface area contributed by atoms with Crippen LogP contribution in [0, 0.1) is 5.41 Å². The zero-order valence-corrected chi connectivity index (χ0v) is 11.5. The summed E-state index contributed by atoms with van der Waals surface area (Å²) in [6, 6.07) is 0. The molecule has 1 saturated carbocycles. The molecule has 1 fully saturated rings. The third-order valence-electron chi connectivity index (χ3n) is 4.40. The fourth-order valence-electron chi connectivity index (χ4n) is 3.39. The lowest BCUT2D eigenvalue weighted by Gasteiger charge is -2.32. The summed E-state index contributed by atoms with van der Waals surface area (Å²) in [5, 5.41) is 4.60. The van der Waals surface area contributed by atoms with E-state index < -0.39 is 0 Å². The average Bonchev–Trinajstić information content (AvgIpc) is 2.93. The van der Waals surface area contributed by atoms with Gasteiger partial charge in [0.25, 0.3) is 0 Å². The van der Waals surface area contributed by atoms with Gasteiger partial charge in [-0.05, 0) is 43.9 Å². The highest BCUT2D eigenvalue weighted by molar-refractivity contribution is 7.15. The molecule has 1 aromatic rings. The number of thiazole rings is 1. The van der Waals surface area contributed by atoms with E-state index in [1.54, 1.807) is 4.88 Å². The number of hydrogen-bond donors (Lipinski definition) is 1. The van der Waals surface area contributed by atoms with E-state index in [1.165, 1.54) is 57.1 Å². The van der Waals surface area contributed by atoms with Crippen LogP contribution in [0.1, 0.15) is 56.0 Å². The molecular weight excluding hydrogens is 228 g/mol. The van der Waals surface area contributed by atoms with Gasteiger partial charge < -0.3 is 5.32 Å². The minimum atomic E-state index is 0.668. The van der Waals surface area contributed by atoms with Crippen LogP contribution in [-0.4, -0.2) is 11.5 Å². The predicted molar refractivity (Wildman–Crippen MR) is 73.8 cm³/mol. The largest absolute Gasteiger partial charge is 0.362 e. The van der Waals surface area contributed by atoms with Crippen LogP contribution in [0.5, 0.6) is 0 Å². The molecular formula is C14H22N2S. The van der Waals surface area contributed by atoms with E-state index in [0.717, 1.165) is 11.7 Å². The molecule has 3 rings (SSSR count). The molecule has 2 aliphatic rings. The second kappa shape index (κ2) is 4.60. The molecule has 0 aliphatic heterocycles. The van der Waals surface area contributed by atoms with E-state index in [1.807, 2.05) is 11.3 Å². The molecule has 1 aromatic heterocycles. The number of hydrogen-bond acceptors (Lipinski definition) is 3.